The van der Waals surface area contributed by atoms with Crippen molar-refractivity contribution >= 4 is 17.4 Å². The normalized spacial score (nSPS) is 9.64. The Hall–Kier alpha value is -1.42. The summed E-state index contributed by atoms with van der Waals surface area (Å²) >= 11 is 5.81. The van der Waals surface area contributed by atoms with E-state index in [4.69, 9.17) is 32.2 Å². The third-order valence-corrected chi connectivity index (χ3v) is 1.95. The molecule has 0 bridgehead atoms. The number of halogens is 1. The van der Waals surface area contributed by atoms with Gasteiger partial charge in [0.05, 0.1) is 19.8 Å². The van der Waals surface area contributed by atoms with Gasteiger partial charge in [0.15, 0.2) is 11.5 Å². The largest absolute Gasteiger partial charge is 0.493 e. The summed E-state index contributed by atoms with van der Waals surface area (Å²) in [6.07, 6.45) is 0. The highest BCUT2D eigenvalue weighted by Crippen LogP contribution is 2.33. The zero-order valence-corrected chi connectivity index (χ0v) is 8.68. The highest BCUT2D eigenvalue weighted by Gasteiger charge is 2.13. The predicted octanol–water partition coefficient (Wildman–Crippen LogP) is 1.64. The average molecular weight is 215 g/mol. The fraction of sp³-hybridized carbons (Fsp3) is 0.222. The van der Waals surface area contributed by atoms with Crippen LogP contribution in [0.4, 0.5) is 0 Å². The minimum Gasteiger partial charge on any atom is -0.493 e. The number of ether oxygens (including phenoxy) is 2. The predicted molar refractivity (Wildman–Crippen MR) is 55.6 cm³/mol. The molecule has 0 unspecified atom stereocenters. The van der Waals surface area contributed by atoms with Crippen LogP contribution >= 0.6 is 11.6 Å². The summed E-state index contributed by atoms with van der Waals surface area (Å²) in [6.45, 7) is 0. The first-order valence-corrected chi connectivity index (χ1v) is 4.24. The Bertz CT molecular complexity index is 366. The van der Waals surface area contributed by atoms with Gasteiger partial charge in [-0.25, -0.2) is 0 Å². The van der Waals surface area contributed by atoms with Crippen molar-refractivity contribution in [2.75, 3.05) is 14.2 Å². The molecular formula is C9H11ClN2O2. The van der Waals surface area contributed by atoms with E-state index >= 15 is 0 Å². The van der Waals surface area contributed by atoms with Crippen LogP contribution in [-0.4, -0.2) is 20.1 Å². The van der Waals surface area contributed by atoms with E-state index in [0.29, 0.717) is 22.1 Å². The average Bonchev–Trinajstić information content (AvgIpc) is 2.16. The first kappa shape index (κ1) is 10.7. The fourth-order valence-electron chi connectivity index (χ4n) is 1.13. The van der Waals surface area contributed by atoms with Gasteiger partial charge in [0.1, 0.15) is 5.84 Å². The van der Waals surface area contributed by atoms with Gasteiger partial charge in [-0.3, -0.25) is 5.41 Å². The lowest BCUT2D eigenvalue weighted by molar-refractivity contribution is 0.354. The van der Waals surface area contributed by atoms with Crippen LogP contribution in [0.5, 0.6) is 11.5 Å². The van der Waals surface area contributed by atoms with Crippen molar-refractivity contribution in [1.29, 1.82) is 5.41 Å². The molecule has 0 aromatic heterocycles. The van der Waals surface area contributed by atoms with Crippen molar-refractivity contribution in [1.82, 2.24) is 0 Å². The number of hydrogen-bond acceptors (Lipinski definition) is 3. The number of methoxy groups -OCH3 is 2. The SMILES string of the molecule is COc1cc(Cl)cc(C(=N)N)c1OC. The molecule has 0 saturated carbocycles. The Morgan fingerprint density at radius 3 is 2.43 bits per heavy atom. The van der Waals surface area contributed by atoms with Gasteiger partial charge in [-0.2, -0.15) is 0 Å². The quantitative estimate of drug-likeness (QED) is 0.594. The molecule has 1 rings (SSSR count). The van der Waals surface area contributed by atoms with Gasteiger partial charge in [0.25, 0.3) is 0 Å². The third kappa shape index (κ3) is 1.90. The Morgan fingerprint density at radius 1 is 1.36 bits per heavy atom. The van der Waals surface area contributed by atoms with Crippen molar-refractivity contribution < 1.29 is 9.47 Å². The molecule has 0 heterocycles. The number of hydrogen-bond donors (Lipinski definition) is 2. The summed E-state index contributed by atoms with van der Waals surface area (Å²) in [6, 6.07) is 3.16. The molecule has 1 aromatic carbocycles. The molecule has 14 heavy (non-hydrogen) atoms. The van der Waals surface area contributed by atoms with Gasteiger partial charge in [0.2, 0.25) is 0 Å². The fourth-order valence-corrected chi connectivity index (χ4v) is 1.34. The van der Waals surface area contributed by atoms with E-state index in [1.165, 1.54) is 14.2 Å². The molecule has 0 radical (unpaired) electrons. The first-order chi connectivity index (χ1) is 6.60. The van der Waals surface area contributed by atoms with Crippen LogP contribution in [0.2, 0.25) is 5.02 Å². The lowest BCUT2D eigenvalue weighted by Gasteiger charge is -2.12. The molecule has 0 aliphatic heterocycles. The molecule has 0 amide bonds. The second-order valence-electron chi connectivity index (χ2n) is 2.60. The number of rotatable bonds is 3. The molecule has 4 nitrogen and oxygen atoms in total. The van der Waals surface area contributed by atoms with Gasteiger partial charge in [0, 0.05) is 11.1 Å². The van der Waals surface area contributed by atoms with Crippen molar-refractivity contribution in [3.63, 3.8) is 0 Å². The number of nitrogen functional groups attached to an aromatic ring is 1. The molecule has 1 aromatic rings. The summed E-state index contributed by atoms with van der Waals surface area (Å²) in [5, 5.41) is 7.78. The van der Waals surface area contributed by atoms with E-state index in [1.807, 2.05) is 0 Å². The monoisotopic (exact) mass is 214 g/mol. The van der Waals surface area contributed by atoms with Crippen LogP contribution in [0.15, 0.2) is 12.1 Å². The molecule has 5 heteroatoms. The summed E-state index contributed by atoms with van der Waals surface area (Å²) in [5.74, 6) is 0.775. The summed E-state index contributed by atoms with van der Waals surface area (Å²) in [4.78, 5) is 0. The zero-order chi connectivity index (χ0) is 10.7. The second kappa shape index (κ2) is 4.19. The van der Waals surface area contributed by atoms with Crippen molar-refractivity contribution in [3.05, 3.63) is 22.7 Å². The van der Waals surface area contributed by atoms with Gasteiger partial charge in [-0.05, 0) is 6.07 Å². The smallest absolute Gasteiger partial charge is 0.171 e. The third-order valence-electron chi connectivity index (χ3n) is 1.73. The van der Waals surface area contributed by atoms with Gasteiger partial charge in [-0.15, -0.1) is 0 Å². The molecule has 0 aliphatic rings. The topological polar surface area (TPSA) is 68.3 Å². The Balaban J connectivity index is 3.39. The summed E-state index contributed by atoms with van der Waals surface area (Å²) in [7, 11) is 2.98. The van der Waals surface area contributed by atoms with E-state index in [1.54, 1.807) is 12.1 Å². The summed E-state index contributed by atoms with van der Waals surface area (Å²) in [5.41, 5.74) is 5.80. The van der Waals surface area contributed by atoms with Crippen molar-refractivity contribution in [2.24, 2.45) is 5.73 Å². The highest BCUT2D eigenvalue weighted by atomic mass is 35.5. The standard InChI is InChI=1S/C9H11ClN2O2/c1-13-7-4-5(10)3-6(9(11)12)8(7)14-2/h3-4H,1-2H3,(H3,11,12). The number of benzene rings is 1. The molecule has 0 atom stereocenters. The molecule has 0 spiro atoms. The first-order valence-electron chi connectivity index (χ1n) is 3.86. The number of nitrogens with two attached hydrogens (primary N) is 1. The Morgan fingerprint density at radius 2 is 2.00 bits per heavy atom. The lowest BCUT2D eigenvalue weighted by atomic mass is 10.1. The van der Waals surface area contributed by atoms with Crippen LogP contribution in [0.3, 0.4) is 0 Å². The summed E-state index contributed by atoms with van der Waals surface area (Å²) < 4.78 is 10.1. The van der Waals surface area contributed by atoms with Crippen LogP contribution in [0.1, 0.15) is 5.56 Å². The molecular weight excluding hydrogens is 204 g/mol. The van der Waals surface area contributed by atoms with Gasteiger partial charge >= 0.3 is 0 Å². The molecule has 3 N–H and O–H groups in total. The molecule has 0 fully saturated rings. The maximum Gasteiger partial charge on any atom is 0.171 e. The van der Waals surface area contributed by atoms with E-state index in [-0.39, 0.29) is 5.84 Å². The molecule has 0 saturated heterocycles. The maximum atomic E-state index is 7.33. The Kier molecular flexibility index (Phi) is 3.19. The van der Waals surface area contributed by atoms with Crippen LogP contribution in [0, 0.1) is 5.41 Å². The van der Waals surface area contributed by atoms with E-state index in [9.17, 15) is 0 Å². The Labute approximate surface area is 87.1 Å². The van der Waals surface area contributed by atoms with Crippen LogP contribution < -0.4 is 15.2 Å². The highest BCUT2D eigenvalue weighted by molar-refractivity contribution is 6.31. The van der Waals surface area contributed by atoms with E-state index < -0.39 is 0 Å². The number of amidine groups is 1. The molecule has 76 valence electrons. The van der Waals surface area contributed by atoms with Gasteiger partial charge < -0.3 is 15.2 Å². The van der Waals surface area contributed by atoms with Gasteiger partial charge in [-0.1, -0.05) is 11.6 Å². The number of nitrogens with one attached hydrogen (secondary N) is 1. The van der Waals surface area contributed by atoms with Crippen LogP contribution in [0.25, 0.3) is 0 Å². The van der Waals surface area contributed by atoms with Crippen molar-refractivity contribution in [2.45, 2.75) is 0 Å². The minimum atomic E-state index is -0.109. The maximum absolute atomic E-state index is 7.33. The van der Waals surface area contributed by atoms with E-state index in [2.05, 4.69) is 0 Å². The zero-order valence-electron chi connectivity index (χ0n) is 7.93. The van der Waals surface area contributed by atoms with Crippen molar-refractivity contribution in [3.8, 4) is 11.5 Å². The lowest BCUT2D eigenvalue weighted by Crippen LogP contribution is -2.13. The minimum absolute atomic E-state index is 0.109. The van der Waals surface area contributed by atoms with E-state index in [0.717, 1.165) is 0 Å². The van der Waals surface area contributed by atoms with Crippen LogP contribution in [-0.2, 0) is 0 Å². The molecule has 0 aliphatic carbocycles. The second-order valence-corrected chi connectivity index (χ2v) is 3.04.